The highest BCUT2D eigenvalue weighted by atomic mass is 32.2. The number of Topliss-reactive ketones (excluding diaryl/α,β-unsaturated/α-hetero) is 1. The van der Waals surface area contributed by atoms with Crippen molar-refractivity contribution in [3.05, 3.63) is 22.4 Å². The summed E-state index contributed by atoms with van der Waals surface area (Å²) in [5.41, 5.74) is -5.53. The largest absolute Gasteiger partial charge is 0.522 e. The molecule has 0 saturated heterocycles. The summed E-state index contributed by atoms with van der Waals surface area (Å²) in [5, 5.41) is 2.00. The first-order valence-electron chi connectivity index (χ1n) is 7.15. The molecule has 4 nitrogen and oxygen atoms in total. The second-order valence-electron chi connectivity index (χ2n) is 4.84. The van der Waals surface area contributed by atoms with E-state index in [-0.39, 0.29) is 0 Å². The van der Waals surface area contributed by atoms with Gasteiger partial charge < -0.3 is 0 Å². The molecular formula is C14H21F3O4S2. The van der Waals surface area contributed by atoms with Gasteiger partial charge in [0.1, 0.15) is 5.78 Å². The molecule has 1 aliphatic carbocycles. The lowest BCUT2D eigenvalue weighted by atomic mass is 10.2. The second-order valence-corrected chi connectivity index (χ2v) is 7.28. The van der Waals surface area contributed by atoms with E-state index in [0.29, 0.717) is 18.6 Å². The Morgan fingerprint density at radius 1 is 1.22 bits per heavy atom. The number of thiophene rings is 1. The molecule has 0 aliphatic heterocycles. The normalized spacial score (nSPS) is 14.3. The van der Waals surface area contributed by atoms with E-state index in [1.807, 2.05) is 24.4 Å². The lowest BCUT2D eigenvalue weighted by molar-refractivity contribution is -0.118. The van der Waals surface area contributed by atoms with E-state index in [2.05, 4.69) is 0 Å². The molecule has 0 radical (unpaired) electrons. The average molecular weight is 374 g/mol. The molecule has 1 aromatic heterocycles. The summed E-state index contributed by atoms with van der Waals surface area (Å²) < 4.78 is 57.5. The minimum atomic E-state index is -5.84. The number of halogens is 3. The van der Waals surface area contributed by atoms with Crippen molar-refractivity contribution in [3.8, 4) is 0 Å². The Morgan fingerprint density at radius 2 is 1.65 bits per heavy atom. The molecule has 2 rings (SSSR count). The van der Waals surface area contributed by atoms with Gasteiger partial charge >= 0.3 is 15.6 Å². The predicted octanol–water partition coefficient (Wildman–Crippen LogP) is 4.61. The van der Waals surface area contributed by atoms with Gasteiger partial charge in [0.15, 0.2) is 0 Å². The number of rotatable bonds is 3. The Balaban J connectivity index is 0.000000333. The number of alkyl halides is 3. The third-order valence-electron chi connectivity index (χ3n) is 2.89. The van der Waals surface area contributed by atoms with Crippen LogP contribution in [0, 0.1) is 0 Å². The maximum absolute atomic E-state index is 10.9. The highest BCUT2D eigenvalue weighted by molar-refractivity contribution is 7.86. The molecule has 1 fully saturated rings. The van der Waals surface area contributed by atoms with Gasteiger partial charge in [-0.25, -0.2) is 0 Å². The van der Waals surface area contributed by atoms with Crippen LogP contribution in [0.1, 0.15) is 50.3 Å². The fourth-order valence-corrected chi connectivity index (χ4v) is 2.35. The Hall–Kier alpha value is -0.930. The summed E-state index contributed by atoms with van der Waals surface area (Å²) in [7, 11) is -5.84. The zero-order chi connectivity index (χ0) is 17.9. The quantitative estimate of drug-likeness (QED) is 0.619. The SMILES string of the molecule is C1CCCC1.CCC(=O)Cc1cccs1.O=S(=O)(O)C(F)(F)F. The first-order chi connectivity index (χ1) is 10.6. The average Bonchev–Trinajstić information content (AvgIpc) is 3.12. The first kappa shape index (κ1) is 22.1. The van der Waals surface area contributed by atoms with Crippen LogP contribution in [0.15, 0.2) is 17.5 Å². The molecule has 1 aliphatic rings. The predicted molar refractivity (Wildman–Crippen MR) is 84.0 cm³/mol. The highest BCUT2D eigenvalue weighted by Gasteiger charge is 2.44. The van der Waals surface area contributed by atoms with Gasteiger partial charge in [0.2, 0.25) is 0 Å². The van der Waals surface area contributed by atoms with Crippen molar-refractivity contribution in [2.24, 2.45) is 0 Å². The fraction of sp³-hybridized carbons (Fsp3) is 0.643. The Kier molecular flexibility index (Phi) is 10.3. The van der Waals surface area contributed by atoms with Crippen LogP contribution >= 0.6 is 11.3 Å². The molecule has 9 heteroatoms. The molecule has 0 amide bonds. The molecule has 134 valence electrons. The number of hydrogen-bond acceptors (Lipinski definition) is 4. The standard InChI is InChI=1S/C8H10OS.C5H10.CHF3O3S/c1-2-7(9)6-8-4-3-5-10-8;1-2-4-5-3-1;2-1(3,4)8(5,6)7/h3-5H,2,6H2,1H3;1-5H2;(H,5,6,7). The van der Waals surface area contributed by atoms with Crippen LogP contribution in [0.4, 0.5) is 13.2 Å². The molecule has 1 N–H and O–H groups in total. The van der Waals surface area contributed by atoms with Gasteiger partial charge in [-0.1, -0.05) is 45.1 Å². The summed E-state index contributed by atoms with van der Waals surface area (Å²) in [6.07, 6.45) is 8.77. The fourth-order valence-electron chi connectivity index (χ4n) is 1.62. The summed E-state index contributed by atoms with van der Waals surface area (Å²) in [6, 6.07) is 3.97. The number of ketones is 1. The van der Waals surface area contributed by atoms with Crippen LogP contribution in [-0.4, -0.2) is 24.3 Å². The van der Waals surface area contributed by atoms with Crippen LogP contribution in [0.2, 0.25) is 0 Å². The molecule has 0 bridgehead atoms. The number of carbonyl (C=O) groups is 1. The minimum Gasteiger partial charge on any atom is -0.299 e. The smallest absolute Gasteiger partial charge is 0.299 e. The summed E-state index contributed by atoms with van der Waals surface area (Å²) >= 11 is 1.65. The molecular weight excluding hydrogens is 353 g/mol. The van der Waals surface area contributed by atoms with E-state index in [1.54, 1.807) is 11.3 Å². The summed E-state index contributed by atoms with van der Waals surface area (Å²) in [4.78, 5) is 12.1. The Bertz CT molecular complexity index is 525. The first-order valence-corrected chi connectivity index (χ1v) is 9.47. The zero-order valence-electron chi connectivity index (χ0n) is 12.8. The van der Waals surface area contributed by atoms with Crippen molar-refractivity contribution in [2.75, 3.05) is 0 Å². The second kappa shape index (κ2) is 10.8. The lowest BCUT2D eigenvalue weighted by Crippen LogP contribution is -2.21. The van der Waals surface area contributed by atoms with Gasteiger partial charge in [0.05, 0.1) is 0 Å². The van der Waals surface area contributed by atoms with Gasteiger partial charge in [-0.05, 0) is 11.4 Å². The van der Waals surface area contributed by atoms with Crippen LogP contribution in [0.25, 0.3) is 0 Å². The van der Waals surface area contributed by atoms with E-state index in [9.17, 15) is 18.0 Å². The van der Waals surface area contributed by atoms with Crippen molar-refractivity contribution in [1.82, 2.24) is 0 Å². The van der Waals surface area contributed by atoms with E-state index in [1.165, 1.54) is 37.0 Å². The van der Waals surface area contributed by atoms with Gasteiger partial charge in [-0.2, -0.15) is 21.6 Å². The van der Waals surface area contributed by atoms with Crippen molar-refractivity contribution in [1.29, 1.82) is 0 Å². The van der Waals surface area contributed by atoms with Crippen LogP contribution < -0.4 is 0 Å². The molecule has 1 aromatic rings. The minimum absolute atomic E-state index is 0.322. The van der Waals surface area contributed by atoms with Crippen molar-refractivity contribution >= 4 is 27.2 Å². The van der Waals surface area contributed by atoms with E-state index >= 15 is 0 Å². The zero-order valence-corrected chi connectivity index (χ0v) is 14.4. The van der Waals surface area contributed by atoms with Crippen molar-refractivity contribution in [3.63, 3.8) is 0 Å². The van der Waals surface area contributed by atoms with Crippen LogP contribution in [-0.2, 0) is 21.3 Å². The van der Waals surface area contributed by atoms with Crippen LogP contribution in [0.5, 0.6) is 0 Å². The third kappa shape index (κ3) is 11.3. The summed E-state index contributed by atoms with van der Waals surface area (Å²) in [5.74, 6) is 0.322. The van der Waals surface area contributed by atoms with Gasteiger partial charge in [0, 0.05) is 17.7 Å². The molecule has 0 atom stereocenters. The molecule has 0 aromatic carbocycles. The summed E-state index contributed by atoms with van der Waals surface area (Å²) in [6.45, 7) is 1.90. The maximum Gasteiger partial charge on any atom is 0.522 e. The van der Waals surface area contributed by atoms with Gasteiger partial charge in [0.25, 0.3) is 0 Å². The molecule has 1 saturated carbocycles. The molecule has 23 heavy (non-hydrogen) atoms. The number of hydrogen-bond donors (Lipinski definition) is 1. The topological polar surface area (TPSA) is 71.4 Å². The number of carbonyl (C=O) groups excluding carboxylic acids is 1. The van der Waals surface area contributed by atoms with Crippen LogP contribution in [0.3, 0.4) is 0 Å². The van der Waals surface area contributed by atoms with Crippen molar-refractivity contribution in [2.45, 2.75) is 57.4 Å². The Morgan fingerprint density at radius 3 is 1.91 bits per heavy atom. The van der Waals surface area contributed by atoms with E-state index in [4.69, 9.17) is 13.0 Å². The van der Waals surface area contributed by atoms with E-state index < -0.39 is 15.6 Å². The maximum atomic E-state index is 10.9. The molecule has 0 spiro atoms. The highest BCUT2D eigenvalue weighted by Crippen LogP contribution is 2.20. The Labute approximate surface area is 138 Å². The molecule has 0 unspecified atom stereocenters. The lowest BCUT2D eigenvalue weighted by Gasteiger charge is -1.97. The van der Waals surface area contributed by atoms with Crippen molar-refractivity contribution < 1.29 is 30.9 Å². The third-order valence-corrected chi connectivity index (χ3v) is 4.35. The van der Waals surface area contributed by atoms with E-state index in [0.717, 1.165) is 0 Å². The molecule has 1 heterocycles. The monoisotopic (exact) mass is 374 g/mol. The van der Waals surface area contributed by atoms with Gasteiger partial charge in [-0.3, -0.25) is 9.35 Å². The van der Waals surface area contributed by atoms with Gasteiger partial charge in [-0.15, -0.1) is 11.3 Å².